The number of sulfone groups is 1. The van der Waals surface area contributed by atoms with E-state index in [9.17, 15) is 21.6 Å². The number of hydrogen-bond donors (Lipinski definition) is 1. The number of anilines is 1. The van der Waals surface area contributed by atoms with Crippen LogP contribution >= 0.6 is 15.9 Å². The zero-order chi connectivity index (χ0) is 15.8. The van der Waals surface area contributed by atoms with Crippen LogP contribution in [0.1, 0.15) is 24.8 Å². The molecule has 1 N–H and O–H groups in total. The Balaban J connectivity index is 2.32. The van der Waals surface area contributed by atoms with Crippen LogP contribution in [0.25, 0.3) is 0 Å². The molecule has 0 saturated heterocycles. The number of halogens is 4. The van der Waals surface area contributed by atoms with Crippen molar-refractivity contribution in [1.82, 2.24) is 0 Å². The van der Waals surface area contributed by atoms with E-state index in [0.717, 1.165) is 12.3 Å². The molecule has 2 unspecified atom stereocenters. The van der Waals surface area contributed by atoms with E-state index < -0.39 is 32.9 Å². The van der Waals surface area contributed by atoms with Crippen molar-refractivity contribution in [2.75, 3.05) is 11.6 Å². The molecule has 0 bridgehead atoms. The largest absolute Gasteiger partial charge is 0.418 e. The highest BCUT2D eigenvalue weighted by molar-refractivity contribution is 9.10. The Labute approximate surface area is 130 Å². The van der Waals surface area contributed by atoms with E-state index in [-0.39, 0.29) is 5.69 Å². The van der Waals surface area contributed by atoms with Crippen molar-refractivity contribution in [3.8, 4) is 0 Å². The van der Waals surface area contributed by atoms with Gasteiger partial charge < -0.3 is 5.32 Å². The first-order valence-electron chi connectivity index (χ1n) is 6.41. The second-order valence-corrected chi connectivity index (χ2v) is 8.42. The standard InChI is InChI=1S/C13H15BrF3NO2S/c1-21(19,20)12-4-2-3-11(12)18-10-6-5-8(14)7-9(10)13(15,16)17/h5-7,11-12,18H,2-4H2,1H3. The lowest BCUT2D eigenvalue weighted by atomic mass is 10.1. The van der Waals surface area contributed by atoms with E-state index in [0.29, 0.717) is 23.7 Å². The highest BCUT2D eigenvalue weighted by Gasteiger charge is 2.38. The van der Waals surface area contributed by atoms with Gasteiger partial charge in [-0.3, -0.25) is 0 Å². The van der Waals surface area contributed by atoms with Gasteiger partial charge in [-0.15, -0.1) is 0 Å². The van der Waals surface area contributed by atoms with Gasteiger partial charge in [-0.2, -0.15) is 13.2 Å². The van der Waals surface area contributed by atoms with Gasteiger partial charge in [0, 0.05) is 22.5 Å². The quantitative estimate of drug-likeness (QED) is 0.859. The zero-order valence-corrected chi connectivity index (χ0v) is 13.6. The molecule has 1 aromatic rings. The molecule has 0 amide bonds. The molecular formula is C13H15BrF3NO2S. The van der Waals surface area contributed by atoms with Gasteiger partial charge in [-0.1, -0.05) is 15.9 Å². The van der Waals surface area contributed by atoms with Crippen LogP contribution in [-0.2, 0) is 16.0 Å². The highest BCUT2D eigenvalue weighted by atomic mass is 79.9. The molecule has 1 aliphatic rings. The Kier molecular flexibility index (Phi) is 4.58. The Morgan fingerprint density at radius 2 is 1.95 bits per heavy atom. The molecule has 21 heavy (non-hydrogen) atoms. The van der Waals surface area contributed by atoms with Gasteiger partial charge in [0.2, 0.25) is 0 Å². The lowest BCUT2D eigenvalue weighted by Crippen LogP contribution is -2.35. The molecule has 1 saturated carbocycles. The predicted molar refractivity (Wildman–Crippen MR) is 79.0 cm³/mol. The number of alkyl halides is 3. The highest BCUT2D eigenvalue weighted by Crippen LogP contribution is 2.38. The van der Waals surface area contributed by atoms with E-state index >= 15 is 0 Å². The average molecular weight is 386 g/mol. The summed E-state index contributed by atoms with van der Waals surface area (Å²) in [5, 5.41) is 2.14. The third-order valence-corrected chi connectivity index (χ3v) is 5.79. The molecule has 0 aliphatic heterocycles. The van der Waals surface area contributed by atoms with Crippen molar-refractivity contribution < 1.29 is 21.6 Å². The Morgan fingerprint density at radius 1 is 1.29 bits per heavy atom. The van der Waals surface area contributed by atoms with Crippen LogP contribution < -0.4 is 5.32 Å². The van der Waals surface area contributed by atoms with E-state index in [4.69, 9.17) is 0 Å². The van der Waals surface area contributed by atoms with Crippen LogP contribution in [0.4, 0.5) is 18.9 Å². The van der Waals surface area contributed by atoms with Gasteiger partial charge in [-0.25, -0.2) is 8.42 Å². The van der Waals surface area contributed by atoms with Crippen LogP contribution in [0.3, 0.4) is 0 Å². The second-order valence-electron chi connectivity index (χ2n) is 5.24. The van der Waals surface area contributed by atoms with Gasteiger partial charge in [0.1, 0.15) is 0 Å². The summed E-state index contributed by atoms with van der Waals surface area (Å²) in [5.74, 6) is 0. The molecule has 8 heteroatoms. The van der Waals surface area contributed by atoms with Crippen LogP contribution in [0.15, 0.2) is 22.7 Å². The molecule has 2 rings (SSSR count). The van der Waals surface area contributed by atoms with Gasteiger partial charge in [-0.05, 0) is 37.5 Å². The second kappa shape index (κ2) is 5.79. The molecule has 3 nitrogen and oxygen atoms in total. The van der Waals surface area contributed by atoms with Crippen LogP contribution in [0.5, 0.6) is 0 Å². The van der Waals surface area contributed by atoms with Crippen LogP contribution in [0.2, 0.25) is 0 Å². The van der Waals surface area contributed by atoms with Gasteiger partial charge in [0.15, 0.2) is 9.84 Å². The minimum Gasteiger partial charge on any atom is -0.381 e. The number of hydrogen-bond acceptors (Lipinski definition) is 3. The first-order chi connectivity index (χ1) is 9.59. The third kappa shape index (κ3) is 3.91. The maximum Gasteiger partial charge on any atom is 0.418 e. The molecular weight excluding hydrogens is 371 g/mol. The lowest BCUT2D eigenvalue weighted by molar-refractivity contribution is -0.137. The van der Waals surface area contributed by atoms with Crippen molar-refractivity contribution in [3.63, 3.8) is 0 Å². The van der Waals surface area contributed by atoms with Crippen molar-refractivity contribution in [3.05, 3.63) is 28.2 Å². The normalized spacial score (nSPS) is 23.3. The minimum absolute atomic E-state index is 0.0775. The maximum atomic E-state index is 13.1. The molecule has 1 fully saturated rings. The molecule has 1 aliphatic carbocycles. The number of rotatable bonds is 3. The fourth-order valence-corrected chi connectivity index (χ4v) is 4.44. The average Bonchev–Trinajstić information content (AvgIpc) is 2.78. The summed E-state index contributed by atoms with van der Waals surface area (Å²) in [5.41, 5.74) is -0.873. The SMILES string of the molecule is CS(=O)(=O)C1CCCC1Nc1ccc(Br)cc1C(F)(F)F. The van der Waals surface area contributed by atoms with Crippen molar-refractivity contribution in [2.45, 2.75) is 36.7 Å². The lowest BCUT2D eigenvalue weighted by Gasteiger charge is -2.23. The van der Waals surface area contributed by atoms with Crippen molar-refractivity contribution in [1.29, 1.82) is 0 Å². The monoisotopic (exact) mass is 385 g/mol. The van der Waals surface area contributed by atoms with E-state index in [1.165, 1.54) is 12.1 Å². The Morgan fingerprint density at radius 3 is 2.52 bits per heavy atom. The molecule has 0 aromatic heterocycles. The smallest absolute Gasteiger partial charge is 0.381 e. The first-order valence-corrected chi connectivity index (χ1v) is 9.16. The van der Waals surface area contributed by atoms with E-state index in [2.05, 4.69) is 21.2 Å². The van der Waals surface area contributed by atoms with E-state index in [1.54, 1.807) is 0 Å². The number of benzene rings is 1. The summed E-state index contributed by atoms with van der Waals surface area (Å²) in [6.07, 6.45) is -1.65. The van der Waals surface area contributed by atoms with E-state index in [1.807, 2.05) is 0 Å². The third-order valence-electron chi connectivity index (χ3n) is 3.63. The molecule has 1 aromatic carbocycles. The summed E-state index contributed by atoms with van der Waals surface area (Å²) < 4.78 is 62.9. The summed E-state index contributed by atoms with van der Waals surface area (Å²) in [4.78, 5) is 0. The van der Waals surface area contributed by atoms with Crippen LogP contribution in [-0.4, -0.2) is 26.0 Å². The summed E-state index contributed by atoms with van der Waals surface area (Å²) >= 11 is 3.02. The molecule has 0 heterocycles. The first kappa shape index (κ1) is 16.6. The van der Waals surface area contributed by atoms with Gasteiger partial charge in [0.05, 0.1) is 10.8 Å². The fraction of sp³-hybridized carbons (Fsp3) is 0.538. The molecule has 118 valence electrons. The summed E-state index contributed by atoms with van der Waals surface area (Å²) in [6, 6.07) is 3.33. The molecule has 0 spiro atoms. The summed E-state index contributed by atoms with van der Waals surface area (Å²) in [6.45, 7) is 0. The zero-order valence-electron chi connectivity index (χ0n) is 11.2. The van der Waals surface area contributed by atoms with Crippen molar-refractivity contribution >= 4 is 31.5 Å². The minimum atomic E-state index is -4.49. The Bertz CT molecular complexity index is 631. The molecule has 0 radical (unpaired) electrons. The summed E-state index contributed by atoms with van der Waals surface area (Å²) in [7, 11) is -3.28. The number of nitrogens with one attached hydrogen (secondary N) is 1. The van der Waals surface area contributed by atoms with Gasteiger partial charge in [0.25, 0.3) is 0 Å². The Hall–Kier alpha value is -0.760. The maximum absolute atomic E-state index is 13.1. The fourth-order valence-electron chi connectivity index (χ4n) is 2.68. The topological polar surface area (TPSA) is 46.2 Å². The van der Waals surface area contributed by atoms with Crippen molar-refractivity contribution in [2.24, 2.45) is 0 Å². The predicted octanol–water partition coefficient (Wildman–Crippen LogP) is 3.85. The van der Waals surface area contributed by atoms with Crippen LogP contribution in [0, 0.1) is 0 Å². The van der Waals surface area contributed by atoms with Gasteiger partial charge >= 0.3 is 6.18 Å². The molecule has 2 atom stereocenters.